The zero-order valence-corrected chi connectivity index (χ0v) is 13.5. The van der Waals surface area contributed by atoms with E-state index in [9.17, 15) is 8.42 Å². The smallest absolute Gasteiger partial charge is 0.207 e. The normalized spacial score (nSPS) is 28.2. The second-order valence-corrected chi connectivity index (χ2v) is 7.78. The van der Waals surface area contributed by atoms with Gasteiger partial charge in [-0.05, 0) is 30.9 Å². The lowest BCUT2D eigenvalue weighted by atomic mass is 9.78. The minimum atomic E-state index is -3.43. The summed E-state index contributed by atoms with van der Waals surface area (Å²) in [5.74, 6) is 0.560. The third-order valence-corrected chi connectivity index (χ3v) is 6.42. The molecule has 1 aromatic carbocycles. The monoisotopic (exact) mass is 345 g/mol. The predicted molar refractivity (Wildman–Crippen MR) is 80.9 cm³/mol. The molecule has 106 valence electrons. The van der Waals surface area contributed by atoms with Crippen molar-refractivity contribution in [3.05, 3.63) is 30.3 Å². The minimum absolute atomic E-state index is 0.341. The summed E-state index contributed by atoms with van der Waals surface area (Å²) < 4.78 is 27.8. The van der Waals surface area contributed by atoms with Crippen LogP contribution in [0.5, 0.6) is 0 Å². The SMILES string of the molecule is CC1CCCC(CBr)(NS(=O)(=O)c2ccccc2)C1. The number of hydrogen-bond donors (Lipinski definition) is 1. The Hall–Kier alpha value is -0.390. The Morgan fingerprint density at radius 3 is 2.63 bits per heavy atom. The first-order valence-corrected chi connectivity index (χ1v) is 9.23. The first kappa shape index (κ1) is 15.0. The molecule has 0 heterocycles. The molecule has 1 aliphatic carbocycles. The average molecular weight is 346 g/mol. The molecule has 3 nitrogen and oxygen atoms in total. The van der Waals surface area contributed by atoms with Crippen LogP contribution in [0.4, 0.5) is 0 Å². The van der Waals surface area contributed by atoms with Gasteiger partial charge in [-0.3, -0.25) is 0 Å². The van der Waals surface area contributed by atoms with Crippen LogP contribution < -0.4 is 4.72 Å². The number of benzene rings is 1. The summed E-state index contributed by atoms with van der Waals surface area (Å²) in [6.45, 7) is 2.19. The molecule has 2 rings (SSSR count). The van der Waals surface area contributed by atoms with Crippen LogP contribution in [0, 0.1) is 5.92 Å². The Bertz CT molecular complexity index is 518. The lowest BCUT2D eigenvalue weighted by Crippen LogP contribution is -2.52. The summed E-state index contributed by atoms with van der Waals surface area (Å²) in [5.41, 5.74) is -0.341. The van der Waals surface area contributed by atoms with E-state index < -0.39 is 10.0 Å². The van der Waals surface area contributed by atoms with E-state index in [1.54, 1.807) is 24.3 Å². The number of sulfonamides is 1. The highest BCUT2D eigenvalue weighted by atomic mass is 79.9. The first-order chi connectivity index (χ1) is 8.97. The van der Waals surface area contributed by atoms with Crippen molar-refractivity contribution in [2.45, 2.75) is 43.0 Å². The quantitative estimate of drug-likeness (QED) is 0.851. The Morgan fingerprint density at radius 1 is 1.37 bits per heavy atom. The van der Waals surface area contributed by atoms with E-state index in [0.29, 0.717) is 16.1 Å². The van der Waals surface area contributed by atoms with Crippen LogP contribution in [0.2, 0.25) is 0 Å². The number of hydrogen-bond acceptors (Lipinski definition) is 2. The largest absolute Gasteiger partial charge is 0.241 e. The number of alkyl halides is 1. The first-order valence-electron chi connectivity index (χ1n) is 6.62. The van der Waals surface area contributed by atoms with Crippen LogP contribution in [0.1, 0.15) is 32.6 Å². The zero-order valence-electron chi connectivity index (χ0n) is 11.1. The van der Waals surface area contributed by atoms with Crippen LogP contribution in [0.3, 0.4) is 0 Å². The van der Waals surface area contributed by atoms with Gasteiger partial charge >= 0.3 is 0 Å². The van der Waals surface area contributed by atoms with Crippen LogP contribution in [0.25, 0.3) is 0 Å². The maximum absolute atomic E-state index is 12.4. The van der Waals surface area contributed by atoms with E-state index in [4.69, 9.17) is 0 Å². The molecule has 1 fully saturated rings. The second-order valence-electron chi connectivity index (χ2n) is 5.53. The van der Waals surface area contributed by atoms with Gasteiger partial charge in [-0.2, -0.15) is 0 Å². The second kappa shape index (κ2) is 5.94. The Morgan fingerprint density at radius 2 is 2.05 bits per heavy atom. The molecule has 19 heavy (non-hydrogen) atoms. The van der Waals surface area contributed by atoms with Gasteiger partial charge in [-0.25, -0.2) is 13.1 Å². The molecule has 5 heteroatoms. The van der Waals surface area contributed by atoms with E-state index >= 15 is 0 Å². The number of rotatable bonds is 4. The van der Waals surface area contributed by atoms with E-state index in [-0.39, 0.29) is 5.54 Å². The zero-order chi connectivity index (χ0) is 13.9. The van der Waals surface area contributed by atoms with Crippen molar-refractivity contribution in [3.63, 3.8) is 0 Å². The summed E-state index contributed by atoms with van der Waals surface area (Å²) in [7, 11) is -3.43. The topological polar surface area (TPSA) is 46.2 Å². The van der Waals surface area contributed by atoms with Gasteiger partial charge in [-0.1, -0.05) is 53.9 Å². The Labute approximate surface area is 124 Å². The van der Waals surface area contributed by atoms with E-state index in [1.165, 1.54) is 6.42 Å². The Balaban J connectivity index is 2.23. The van der Waals surface area contributed by atoms with Gasteiger partial charge in [-0.15, -0.1) is 0 Å². The summed E-state index contributed by atoms with van der Waals surface area (Å²) >= 11 is 3.49. The maximum Gasteiger partial charge on any atom is 0.241 e. The summed E-state index contributed by atoms with van der Waals surface area (Å²) in [6, 6.07) is 8.59. The molecule has 0 spiro atoms. The van der Waals surface area contributed by atoms with Gasteiger partial charge in [0.25, 0.3) is 0 Å². The van der Waals surface area contributed by atoms with Crippen molar-refractivity contribution in [1.29, 1.82) is 0 Å². The summed E-state index contributed by atoms with van der Waals surface area (Å²) in [6.07, 6.45) is 4.05. The van der Waals surface area contributed by atoms with Gasteiger partial charge in [0.2, 0.25) is 10.0 Å². The third-order valence-electron chi connectivity index (χ3n) is 3.75. The number of nitrogens with one attached hydrogen (secondary N) is 1. The van der Waals surface area contributed by atoms with Gasteiger partial charge in [0.15, 0.2) is 0 Å². The molecular formula is C14H20BrNO2S. The predicted octanol–water partition coefficient (Wildman–Crippen LogP) is 3.31. The van der Waals surface area contributed by atoms with Crippen LogP contribution >= 0.6 is 15.9 Å². The van der Waals surface area contributed by atoms with Crippen molar-refractivity contribution in [3.8, 4) is 0 Å². The van der Waals surface area contributed by atoms with E-state index in [1.807, 2.05) is 6.07 Å². The molecule has 0 saturated heterocycles. The molecule has 0 amide bonds. The van der Waals surface area contributed by atoms with Gasteiger partial charge in [0.05, 0.1) is 4.90 Å². The standard InChI is InChI=1S/C14H20BrNO2S/c1-12-6-5-9-14(10-12,11-15)16-19(17,18)13-7-3-2-4-8-13/h2-4,7-8,12,16H,5-6,9-11H2,1H3. The molecule has 1 aliphatic rings. The van der Waals surface area contributed by atoms with Gasteiger partial charge in [0, 0.05) is 10.9 Å². The number of halogens is 1. The minimum Gasteiger partial charge on any atom is -0.207 e. The summed E-state index contributed by atoms with van der Waals surface area (Å²) in [4.78, 5) is 0.341. The fourth-order valence-electron chi connectivity index (χ4n) is 2.85. The molecule has 1 aromatic rings. The molecule has 0 bridgehead atoms. The average Bonchev–Trinajstić information content (AvgIpc) is 2.39. The van der Waals surface area contributed by atoms with Gasteiger partial charge < -0.3 is 0 Å². The molecule has 1 saturated carbocycles. The van der Waals surface area contributed by atoms with Crippen LogP contribution in [0.15, 0.2) is 35.2 Å². The van der Waals surface area contributed by atoms with Crippen molar-refractivity contribution in [1.82, 2.24) is 4.72 Å². The van der Waals surface area contributed by atoms with E-state index in [2.05, 4.69) is 27.6 Å². The highest BCUT2D eigenvalue weighted by Crippen LogP contribution is 2.34. The molecular weight excluding hydrogens is 326 g/mol. The maximum atomic E-state index is 12.4. The molecule has 1 N–H and O–H groups in total. The molecule has 2 atom stereocenters. The molecule has 0 aromatic heterocycles. The fourth-order valence-corrected chi connectivity index (χ4v) is 5.14. The van der Waals surface area contributed by atoms with Gasteiger partial charge in [0.1, 0.15) is 0 Å². The highest BCUT2D eigenvalue weighted by molar-refractivity contribution is 9.09. The summed E-state index contributed by atoms with van der Waals surface area (Å²) in [5, 5.41) is 0.663. The molecule has 0 aliphatic heterocycles. The van der Waals surface area contributed by atoms with Crippen molar-refractivity contribution in [2.24, 2.45) is 5.92 Å². The molecule has 2 unspecified atom stereocenters. The molecule has 0 radical (unpaired) electrons. The lowest BCUT2D eigenvalue weighted by molar-refractivity contribution is 0.241. The van der Waals surface area contributed by atoms with Crippen molar-refractivity contribution >= 4 is 26.0 Å². The van der Waals surface area contributed by atoms with Crippen LogP contribution in [-0.4, -0.2) is 19.3 Å². The third kappa shape index (κ3) is 3.58. The van der Waals surface area contributed by atoms with E-state index in [0.717, 1.165) is 19.3 Å². The highest BCUT2D eigenvalue weighted by Gasteiger charge is 2.37. The Kier molecular flexibility index (Phi) is 4.69. The van der Waals surface area contributed by atoms with Crippen molar-refractivity contribution < 1.29 is 8.42 Å². The van der Waals surface area contributed by atoms with Crippen LogP contribution in [-0.2, 0) is 10.0 Å². The van der Waals surface area contributed by atoms with Crippen molar-refractivity contribution in [2.75, 3.05) is 5.33 Å². The fraction of sp³-hybridized carbons (Fsp3) is 0.571. The lowest BCUT2D eigenvalue weighted by Gasteiger charge is -2.39.